The number of rotatable bonds is 4. The number of nitrogens with one attached hydrogen (secondary N) is 1. The molecular formula is C20H14Cl2N2O4. The van der Waals surface area contributed by atoms with Crippen LogP contribution in [0, 0.1) is 0 Å². The average Bonchev–Trinajstić information content (AvgIpc) is 3.19. The third-order valence-corrected chi connectivity index (χ3v) is 5.28. The van der Waals surface area contributed by atoms with Crippen LogP contribution in [0.5, 0.6) is 0 Å². The highest BCUT2D eigenvalue weighted by Crippen LogP contribution is 2.31. The molecule has 28 heavy (non-hydrogen) atoms. The summed E-state index contributed by atoms with van der Waals surface area (Å²) in [6, 6.07) is 11.6. The van der Waals surface area contributed by atoms with Crippen LogP contribution in [-0.2, 0) is 4.79 Å². The molecule has 1 aliphatic heterocycles. The van der Waals surface area contributed by atoms with E-state index in [-0.39, 0.29) is 21.2 Å². The first-order chi connectivity index (χ1) is 13.3. The van der Waals surface area contributed by atoms with Crippen molar-refractivity contribution in [2.45, 2.75) is 13.0 Å². The van der Waals surface area contributed by atoms with Crippen LogP contribution in [0.1, 0.15) is 39.4 Å². The molecule has 0 fully saturated rings. The summed E-state index contributed by atoms with van der Waals surface area (Å²) in [5.41, 5.74) is 0.989. The third kappa shape index (κ3) is 3.15. The Kier molecular flexibility index (Phi) is 4.61. The minimum atomic E-state index is -0.579. The van der Waals surface area contributed by atoms with Gasteiger partial charge in [0.25, 0.3) is 11.8 Å². The van der Waals surface area contributed by atoms with Crippen LogP contribution >= 0.6 is 23.2 Å². The summed E-state index contributed by atoms with van der Waals surface area (Å²) in [4.78, 5) is 38.3. The zero-order chi connectivity index (χ0) is 20.0. The Labute approximate surface area is 170 Å². The second-order valence-corrected chi connectivity index (χ2v) is 7.30. The summed E-state index contributed by atoms with van der Waals surface area (Å²) in [5.74, 6) is -1.06. The molecule has 0 aliphatic carbocycles. The highest BCUT2D eigenvalue weighted by atomic mass is 35.5. The summed E-state index contributed by atoms with van der Waals surface area (Å²) in [7, 11) is 0. The first-order valence-electron chi connectivity index (χ1n) is 8.48. The van der Waals surface area contributed by atoms with Gasteiger partial charge in [-0.15, -0.1) is 0 Å². The van der Waals surface area contributed by atoms with Crippen LogP contribution in [0.25, 0.3) is 11.0 Å². The van der Waals surface area contributed by atoms with Gasteiger partial charge >= 0.3 is 0 Å². The highest BCUT2D eigenvalue weighted by molar-refractivity contribution is 6.43. The van der Waals surface area contributed by atoms with Crippen molar-refractivity contribution in [3.05, 3.63) is 69.4 Å². The lowest BCUT2D eigenvalue weighted by molar-refractivity contribution is -0.122. The number of carbonyl (C=O) groups excluding carboxylic acids is 3. The van der Waals surface area contributed by atoms with E-state index in [0.717, 1.165) is 10.3 Å². The van der Waals surface area contributed by atoms with E-state index in [4.69, 9.17) is 27.6 Å². The molecule has 1 aromatic heterocycles. The van der Waals surface area contributed by atoms with E-state index in [1.54, 1.807) is 6.92 Å². The molecule has 3 aromatic rings. The Balaban J connectivity index is 1.48. The van der Waals surface area contributed by atoms with Crippen molar-refractivity contribution in [2.75, 3.05) is 6.54 Å². The maximum Gasteiger partial charge on any atom is 0.262 e. The van der Waals surface area contributed by atoms with Crippen molar-refractivity contribution in [1.82, 2.24) is 10.2 Å². The van der Waals surface area contributed by atoms with Gasteiger partial charge < -0.3 is 9.73 Å². The van der Waals surface area contributed by atoms with E-state index in [0.29, 0.717) is 11.3 Å². The monoisotopic (exact) mass is 416 g/mol. The molecule has 142 valence electrons. The van der Waals surface area contributed by atoms with Crippen molar-refractivity contribution >= 4 is 51.9 Å². The Bertz CT molecular complexity index is 1060. The number of nitrogens with zero attached hydrogens (tertiary/aromatic N) is 1. The third-order valence-electron chi connectivity index (χ3n) is 4.56. The smallest absolute Gasteiger partial charge is 0.262 e. The fourth-order valence-corrected chi connectivity index (χ4v) is 3.47. The van der Waals surface area contributed by atoms with Crippen LogP contribution in [0.3, 0.4) is 0 Å². The predicted octanol–water partition coefficient (Wildman–Crippen LogP) is 4.21. The topological polar surface area (TPSA) is 79.6 Å². The minimum Gasteiger partial charge on any atom is -0.459 e. The quantitative estimate of drug-likeness (QED) is 0.645. The molecule has 6 nitrogen and oxygen atoms in total. The van der Waals surface area contributed by atoms with Gasteiger partial charge in [-0.05, 0) is 31.2 Å². The standard InChI is InChI=1S/C20H14Cl2N2O4/c1-10(17-6-11-4-2-3-5-16(11)28-17)23-18(25)9-24-19(26)12-7-14(21)15(22)8-13(12)20(24)27/h2-8,10H,9H2,1H3,(H,23,25). The van der Waals surface area contributed by atoms with E-state index < -0.39 is 30.3 Å². The van der Waals surface area contributed by atoms with Crippen LogP contribution in [0.15, 0.2) is 46.9 Å². The van der Waals surface area contributed by atoms with Gasteiger partial charge in [0.15, 0.2) is 0 Å². The molecule has 0 radical (unpaired) electrons. The first-order valence-corrected chi connectivity index (χ1v) is 9.24. The van der Waals surface area contributed by atoms with Crippen LogP contribution in [0.2, 0.25) is 10.0 Å². The van der Waals surface area contributed by atoms with Gasteiger partial charge in [-0.2, -0.15) is 0 Å². The second kappa shape index (κ2) is 6.96. The summed E-state index contributed by atoms with van der Waals surface area (Å²) < 4.78 is 5.73. The Hall–Kier alpha value is -2.83. The molecule has 1 N–H and O–H groups in total. The van der Waals surface area contributed by atoms with E-state index >= 15 is 0 Å². The number of amides is 3. The molecule has 0 saturated carbocycles. The number of halogens is 2. The SMILES string of the molecule is CC(NC(=O)CN1C(=O)c2cc(Cl)c(Cl)cc2C1=O)c1cc2ccccc2o1. The van der Waals surface area contributed by atoms with Crippen LogP contribution in [-0.4, -0.2) is 29.2 Å². The number of carbonyl (C=O) groups is 3. The van der Waals surface area contributed by atoms with Crippen molar-refractivity contribution < 1.29 is 18.8 Å². The molecular weight excluding hydrogens is 403 g/mol. The number of para-hydroxylation sites is 1. The fourth-order valence-electron chi connectivity index (χ4n) is 3.15. The van der Waals surface area contributed by atoms with Gasteiger partial charge in [-0.3, -0.25) is 19.3 Å². The zero-order valence-electron chi connectivity index (χ0n) is 14.7. The zero-order valence-corrected chi connectivity index (χ0v) is 16.2. The van der Waals surface area contributed by atoms with Gasteiger partial charge in [0.1, 0.15) is 17.9 Å². The van der Waals surface area contributed by atoms with Gasteiger partial charge in [0, 0.05) is 5.39 Å². The van der Waals surface area contributed by atoms with E-state index in [9.17, 15) is 14.4 Å². The molecule has 8 heteroatoms. The summed E-state index contributed by atoms with van der Waals surface area (Å²) in [5, 5.41) is 4.01. The van der Waals surface area contributed by atoms with Gasteiger partial charge in [0.2, 0.25) is 5.91 Å². The van der Waals surface area contributed by atoms with Gasteiger partial charge in [0.05, 0.1) is 27.2 Å². The number of imide groups is 1. The summed E-state index contributed by atoms with van der Waals surface area (Å²) in [6.07, 6.45) is 0. The molecule has 3 amide bonds. The molecule has 0 saturated heterocycles. The van der Waals surface area contributed by atoms with E-state index in [2.05, 4.69) is 5.32 Å². The van der Waals surface area contributed by atoms with Crippen molar-refractivity contribution in [2.24, 2.45) is 0 Å². The maximum atomic E-state index is 12.5. The number of hydrogen-bond acceptors (Lipinski definition) is 4. The van der Waals surface area contributed by atoms with Gasteiger partial charge in [-0.25, -0.2) is 0 Å². The molecule has 2 aromatic carbocycles. The average molecular weight is 417 g/mol. The molecule has 1 unspecified atom stereocenters. The largest absolute Gasteiger partial charge is 0.459 e. The number of benzene rings is 2. The number of fused-ring (bicyclic) bond motifs is 2. The molecule has 1 atom stereocenters. The molecule has 2 heterocycles. The van der Waals surface area contributed by atoms with E-state index in [1.165, 1.54) is 12.1 Å². The lowest BCUT2D eigenvalue weighted by Gasteiger charge is -2.16. The molecule has 1 aliphatic rings. The van der Waals surface area contributed by atoms with Crippen molar-refractivity contribution in [3.8, 4) is 0 Å². The van der Waals surface area contributed by atoms with E-state index in [1.807, 2.05) is 30.3 Å². The molecule has 0 bridgehead atoms. The predicted molar refractivity (Wildman–Crippen MR) is 105 cm³/mol. The molecule has 0 spiro atoms. The number of hydrogen-bond donors (Lipinski definition) is 1. The Morgan fingerprint density at radius 1 is 1.07 bits per heavy atom. The van der Waals surface area contributed by atoms with Gasteiger partial charge in [-0.1, -0.05) is 41.4 Å². The van der Waals surface area contributed by atoms with Crippen LogP contribution in [0.4, 0.5) is 0 Å². The minimum absolute atomic E-state index is 0.137. The lowest BCUT2D eigenvalue weighted by atomic mass is 10.1. The lowest BCUT2D eigenvalue weighted by Crippen LogP contribution is -2.41. The van der Waals surface area contributed by atoms with Crippen molar-refractivity contribution in [1.29, 1.82) is 0 Å². The highest BCUT2D eigenvalue weighted by Gasteiger charge is 2.37. The number of furan rings is 1. The summed E-state index contributed by atoms with van der Waals surface area (Å²) in [6.45, 7) is 1.35. The maximum absolute atomic E-state index is 12.5. The normalized spacial score (nSPS) is 14.5. The van der Waals surface area contributed by atoms with Crippen molar-refractivity contribution in [3.63, 3.8) is 0 Å². The fraction of sp³-hybridized carbons (Fsp3) is 0.150. The molecule has 4 rings (SSSR count). The van der Waals surface area contributed by atoms with Crippen LogP contribution < -0.4 is 5.32 Å². The first kappa shape index (κ1) is 18.5. The Morgan fingerprint density at radius 2 is 1.68 bits per heavy atom. The Morgan fingerprint density at radius 3 is 2.29 bits per heavy atom. The second-order valence-electron chi connectivity index (χ2n) is 6.48. The summed E-state index contributed by atoms with van der Waals surface area (Å²) >= 11 is 11.9.